The highest BCUT2D eigenvalue weighted by atomic mass is 19.2. The average Bonchev–Trinajstić information content (AvgIpc) is 4.08. The number of ether oxygens (including phenoxy) is 5. The fourth-order valence-electron chi connectivity index (χ4n) is 14.9. The van der Waals surface area contributed by atoms with Gasteiger partial charge in [-0.1, -0.05) is 127 Å². The number of amides is 2. The molecule has 8 rings (SSSR count). The van der Waals surface area contributed by atoms with E-state index in [9.17, 15) is 23.7 Å². The topological polar surface area (TPSA) is 142 Å². The number of hydrogen-bond acceptors (Lipinski definition) is 10. The van der Waals surface area contributed by atoms with Gasteiger partial charge in [-0.15, -0.1) is 4.48 Å². The second-order valence-corrected chi connectivity index (χ2v) is 24.2. The van der Waals surface area contributed by atoms with Crippen molar-refractivity contribution in [3.8, 4) is 11.5 Å². The first kappa shape index (κ1) is 60.4. The number of unbranched alkanes of at least 4 members (excludes halogenated alkanes) is 2. The maximum atomic E-state index is 13.3. The lowest BCUT2D eigenvalue weighted by Crippen LogP contribution is -2.51. The molecule has 5 aliphatic rings. The van der Waals surface area contributed by atoms with Crippen LogP contribution in [0, 0.1) is 52.3 Å². The number of likely N-dealkylation sites (tertiary alicyclic amines) is 1. The van der Waals surface area contributed by atoms with Crippen molar-refractivity contribution >= 4 is 24.3 Å². The van der Waals surface area contributed by atoms with Crippen molar-refractivity contribution in [1.82, 2.24) is 15.8 Å². The highest BCUT2D eigenvalue weighted by Gasteiger charge is 2.59. The monoisotopic (exact) mass is 1080 g/mol. The number of hydrogen-bond donors (Lipinski definition) is 2. The molecule has 0 spiro atoms. The number of nitrogens with one attached hydrogen (secondary N) is 2. The molecule has 78 heavy (non-hydrogen) atoms. The Balaban J connectivity index is 0.000000251. The molecular weight excluding hydrogens is 986 g/mol. The van der Waals surface area contributed by atoms with Crippen molar-refractivity contribution in [3.63, 3.8) is 0 Å². The maximum Gasteiger partial charge on any atom is 0.306 e. The van der Waals surface area contributed by atoms with Gasteiger partial charge in [0.25, 0.3) is 6.47 Å². The van der Waals surface area contributed by atoms with Crippen LogP contribution in [0.1, 0.15) is 160 Å². The first-order chi connectivity index (χ1) is 37.6. The van der Waals surface area contributed by atoms with Gasteiger partial charge < -0.3 is 33.9 Å². The summed E-state index contributed by atoms with van der Waals surface area (Å²) in [5, 5.41) is 3.12. The molecule has 0 aromatic heterocycles. The number of nitrogens with zero attached hydrogens (tertiary/aromatic N) is 1. The Bertz CT molecular complexity index is 2370. The molecule has 3 aromatic rings. The van der Waals surface area contributed by atoms with E-state index in [2.05, 4.69) is 46.0 Å². The second kappa shape index (κ2) is 28.2. The highest BCUT2D eigenvalue weighted by molar-refractivity contribution is 5.80. The molecule has 3 aromatic carbocycles. The molecule has 4 fully saturated rings. The lowest BCUT2D eigenvalue weighted by atomic mass is 9.47. The van der Waals surface area contributed by atoms with Crippen LogP contribution >= 0.6 is 0 Å². The number of carbonyl (C=O) groups excluding carboxylic acids is 4. The largest absolute Gasteiger partial charge is 0.497 e. The van der Waals surface area contributed by atoms with E-state index in [4.69, 9.17) is 23.7 Å². The second-order valence-electron chi connectivity index (χ2n) is 24.2. The minimum absolute atomic E-state index is 0.0144. The molecule has 0 bridgehead atoms. The third-order valence-corrected chi connectivity index (χ3v) is 19.2. The quantitative estimate of drug-likeness (QED) is 0.0210. The van der Waals surface area contributed by atoms with Crippen LogP contribution in [-0.4, -0.2) is 88.9 Å². The lowest BCUT2D eigenvalue weighted by Gasteiger charge is -2.58. The van der Waals surface area contributed by atoms with E-state index in [1.807, 2.05) is 85.9 Å². The Kier molecular flexibility index (Phi) is 21.9. The minimum Gasteiger partial charge on any atom is -0.497 e. The number of methoxy groups -OCH3 is 2. The summed E-state index contributed by atoms with van der Waals surface area (Å²) in [7, 11) is 5.12. The number of allylic oxidation sites excluding steroid dienone is 1. The molecular formula is C65H92FN3O9. The van der Waals surface area contributed by atoms with Gasteiger partial charge in [0.15, 0.2) is 0 Å². The third-order valence-electron chi connectivity index (χ3n) is 19.2. The molecule has 13 heteroatoms. The van der Waals surface area contributed by atoms with E-state index in [1.54, 1.807) is 24.7 Å². The van der Waals surface area contributed by atoms with Crippen LogP contribution in [-0.2, 0) is 39.0 Å². The van der Waals surface area contributed by atoms with Crippen molar-refractivity contribution in [2.75, 3.05) is 47.5 Å². The van der Waals surface area contributed by atoms with Crippen LogP contribution in [0.25, 0.3) is 0 Å². The van der Waals surface area contributed by atoms with Gasteiger partial charge in [0.2, 0.25) is 11.8 Å². The van der Waals surface area contributed by atoms with Crippen LogP contribution in [0.4, 0.5) is 4.48 Å². The van der Waals surface area contributed by atoms with Crippen molar-refractivity contribution < 1.29 is 47.3 Å². The lowest BCUT2D eigenvalue weighted by molar-refractivity contribution is -0.153. The zero-order valence-electron chi connectivity index (χ0n) is 48.2. The van der Waals surface area contributed by atoms with Gasteiger partial charge >= 0.3 is 5.97 Å². The molecule has 12 nitrogen and oxygen atoms in total. The number of carbonyl (C=O) groups is 4. The normalized spacial score (nSPS) is 26.7. The van der Waals surface area contributed by atoms with E-state index >= 15 is 0 Å². The molecule has 10 atom stereocenters. The molecule has 1 saturated heterocycles. The fourth-order valence-corrected chi connectivity index (χ4v) is 14.9. The predicted molar refractivity (Wildman–Crippen MR) is 303 cm³/mol. The predicted octanol–water partition coefficient (Wildman–Crippen LogP) is 12.5. The van der Waals surface area contributed by atoms with Crippen LogP contribution < -0.4 is 20.3 Å². The Hall–Kier alpha value is -5.27. The summed E-state index contributed by atoms with van der Waals surface area (Å²) >= 11 is 0. The summed E-state index contributed by atoms with van der Waals surface area (Å²) in [6, 6.07) is 25.2. The first-order valence-corrected chi connectivity index (χ1v) is 29.4. The van der Waals surface area contributed by atoms with Gasteiger partial charge in [-0.3, -0.25) is 19.2 Å². The van der Waals surface area contributed by atoms with Gasteiger partial charge in [0.1, 0.15) is 29.3 Å². The Morgan fingerprint density at radius 1 is 0.782 bits per heavy atom. The number of esters is 1. The zero-order chi connectivity index (χ0) is 55.9. The van der Waals surface area contributed by atoms with Gasteiger partial charge in [0, 0.05) is 31.7 Å². The average molecular weight is 1080 g/mol. The smallest absolute Gasteiger partial charge is 0.306 e. The maximum absolute atomic E-state index is 13.3. The molecule has 1 aliphatic heterocycles. The molecule has 0 radical (unpaired) electrons. The molecule has 1 heterocycles. The number of benzene rings is 3. The number of rotatable bonds is 25. The molecule has 428 valence electrons. The Morgan fingerprint density at radius 3 is 2.09 bits per heavy atom. The number of fused-ring (bicyclic) bond motifs is 5. The Labute approximate surface area is 465 Å². The first-order valence-electron chi connectivity index (χ1n) is 29.4. The fraction of sp³-hybridized carbons (Fsp3) is 0.631. The van der Waals surface area contributed by atoms with E-state index in [1.165, 1.54) is 57.8 Å². The molecule has 4 aliphatic carbocycles. The van der Waals surface area contributed by atoms with E-state index in [0.29, 0.717) is 41.8 Å². The van der Waals surface area contributed by atoms with Crippen molar-refractivity contribution in [1.29, 1.82) is 0 Å². The summed E-state index contributed by atoms with van der Waals surface area (Å²) in [5.74, 6) is 4.77. The molecule has 10 unspecified atom stereocenters. The summed E-state index contributed by atoms with van der Waals surface area (Å²) in [6.45, 7) is 14.7. The summed E-state index contributed by atoms with van der Waals surface area (Å²) in [5.41, 5.74) is 5.04. The van der Waals surface area contributed by atoms with E-state index < -0.39 is 23.6 Å². The SMILES string of the molecule is CC(C)CCCC(C)C1CCC2C3CC=C4CC(OC=O)CCC4(C)C3CCC12C.CNCCCCCC(=O)N1CC(COC(c2ccccc2)(c2ccc(OC)cc2)c2ccc(OC)cc2)C(OC(=O)CCC(=O)NF)C1. The van der Waals surface area contributed by atoms with Gasteiger partial charge in [-0.25, -0.2) is 0 Å². The van der Waals surface area contributed by atoms with Crippen molar-refractivity contribution in [2.24, 2.45) is 52.3 Å². The minimum atomic E-state index is -1.10. The summed E-state index contributed by atoms with van der Waals surface area (Å²) < 4.78 is 41.7. The summed E-state index contributed by atoms with van der Waals surface area (Å²) in [6.07, 6.45) is 19.0. The number of halogens is 1. The van der Waals surface area contributed by atoms with Crippen molar-refractivity contribution in [2.45, 2.75) is 162 Å². The van der Waals surface area contributed by atoms with Crippen LogP contribution in [0.5, 0.6) is 11.5 Å². The Morgan fingerprint density at radius 2 is 1.46 bits per heavy atom. The zero-order valence-corrected chi connectivity index (χ0v) is 48.2. The summed E-state index contributed by atoms with van der Waals surface area (Å²) in [4.78, 5) is 50.1. The molecule has 2 N–H and O–H groups in total. The van der Waals surface area contributed by atoms with Crippen LogP contribution in [0.3, 0.4) is 0 Å². The van der Waals surface area contributed by atoms with Gasteiger partial charge in [-0.05, 0) is 159 Å². The molecule has 2 amide bonds. The highest BCUT2D eigenvalue weighted by Crippen LogP contribution is 2.67. The standard InChI is InChI=1S/C37H46FN3O7.C28H46O2/c1-39-23-9-5-8-12-35(43)41-24-27(33(25-41)48-36(44)22-21-34(42)40-38)26-47-37(28-10-6-4-7-11-28,29-13-17-31(45-2)18-14-29)30-15-19-32(46-3)20-16-30;1-19(2)7-6-8-20(3)24-11-12-25-23-10-9-21-17-22(30-18-29)13-15-27(21,4)26(23)14-16-28(24,25)5/h4,6-7,10-11,13-20,27,33,39H,5,8-9,12,21-26H2,1-3H3,(H,40,42);9,18-20,22-26H,6-8,10-17H2,1-5H3. The third kappa shape index (κ3) is 14.2. The van der Waals surface area contributed by atoms with E-state index in [-0.39, 0.29) is 43.9 Å². The van der Waals surface area contributed by atoms with E-state index in [0.717, 1.165) is 96.4 Å². The van der Waals surface area contributed by atoms with Crippen LogP contribution in [0.2, 0.25) is 0 Å². The van der Waals surface area contributed by atoms with Crippen molar-refractivity contribution in [3.05, 3.63) is 107 Å². The van der Waals surface area contributed by atoms with Crippen LogP contribution in [0.15, 0.2) is 90.5 Å². The van der Waals surface area contributed by atoms with Gasteiger partial charge in [0.05, 0.1) is 33.8 Å². The van der Waals surface area contributed by atoms with Gasteiger partial charge in [-0.2, -0.15) is 5.54 Å². The molecule has 3 saturated carbocycles.